The lowest BCUT2D eigenvalue weighted by molar-refractivity contribution is -0.134. The van der Waals surface area contributed by atoms with Crippen LogP contribution in [0.3, 0.4) is 0 Å². The molecule has 0 radical (unpaired) electrons. The number of hydrogen-bond donors (Lipinski definition) is 0. The van der Waals surface area contributed by atoms with E-state index >= 15 is 0 Å². The van der Waals surface area contributed by atoms with Gasteiger partial charge >= 0.3 is 0 Å². The predicted molar refractivity (Wildman–Crippen MR) is 128 cm³/mol. The Morgan fingerprint density at radius 3 is 2.52 bits per heavy atom. The minimum Gasteiger partial charge on any atom is -0.379 e. The number of carbonyl (C=O) groups excluding carboxylic acids is 3. The number of morpholine rings is 1. The highest BCUT2D eigenvalue weighted by molar-refractivity contribution is 7.98. The van der Waals surface area contributed by atoms with Gasteiger partial charge in [-0.3, -0.25) is 24.2 Å². The normalized spacial score (nSPS) is 17.3. The molecule has 0 spiro atoms. The standard InChI is InChI=1S/C23H28N4O4S2/c1-25(13-16-15-33-20(24-16)14-26-8-10-31-11-9-26)23(30)19(7-12-32-2)27-21(28)17-5-3-4-6-18(17)22(27)29/h3-6,15,19H,7-14H2,1-2H3. The van der Waals surface area contributed by atoms with Crippen LogP contribution in [0.4, 0.5) is 0 Å². The lowest BCUT2D eigenvalue weighted by Gasteiger charge is -2.29. The number of imide groups is 1. The first kappa shape index (κ1) is 23.9. The molecule has 3 heterocycles. The van der Waals surface area contributed by atoms with E-state index in [-0.39, 0.29) is 5.91 Å². The van der Waals surface area contributed by atoms with Crippen molar-refractivity contribution in [3.63, 3.8) is 0 Å². The van der Waals surface area contributed by atoms with Gasteiger partial charge in [0.15, 0.2) is 0 Å². The van der Waals surface area contributed by atoms with Crippen LogP contribution in [-0.2, 0) is 22.6 Å². The van der Waals surface area contributed by atoms with Crippen LogP contribution in [0.15, 0.2) is 29.6 Å². The second kappa shape index (κ2) is 10.8. The van der Waals surface area contributed by atoms with Gasteiger partial charge in [0.05, 0.1) is 43.1 Å². The lowest BCUT2D eigenvalue weighted by atomic mass is 10.1. The average molecular weight is 489 g/mol. The molecule has 8 nitrogen and oxygen atoms in total. The fourth-order valence-electron chi connectivity index (χ4n) is 4.10. The molecule has 0 saturated carbocycles. The van der Waals surface area contributed by atoms with Crippen LogP contribution in [0, 0.1) is 0 Å². The van der Waals surface area contributed by atoms with Crippen LogP contribution in [-0.4, -0.2) is 88.8 Å². The molecule has 2 aliphatic rings. The summed E-state index contributed by atoms with van der Waals surface area (Å²) in [7, 11) is 1.70. The Bertz CT molecular complexity index is 986. The van der Waals surface area contributed by atoms with E-state index < -0.39 is 17.9 Å². The number of thioether (sulfide) groups is 1. The highest BCUT2D eigenvalue weighted by atomic mass is 32.2. The van der Waals surface area contributed by atoms with E-state index in [1.807, 2.05) is 11.6 Å². The summed E-state index contributed by atoms with van der Waals surface area (Å²) >= 11 is 3.17. The Morgan fingerprint density at radius 1 is 1.21 bits per heavy atom. The first-order chi connectivity index (χ1) is 16.0. The monoisotopic (exact) mass is 488 g/mol. The number of likely N-dealkylation sites (N-methyl/N-ethyl adjacent to an activating group) is 1. The first-order valence-corrected chi connectivity index (χ1v) is 13.2. The predicted octanol–water partition coefficient (Wildman–Crippen LogP) is 2.35. The van der Waals surface area contributed by atoms with Gasteiger partial charge in [0.2, 0.25) is 5.91 Å². The van der Waals surface area contributed by atoms with Crippen LogP contribution in [0.5, 0.6) is 0 Å². The summed E-state index contributed by atoms with van der Waals surface area (Å²) in [6.45, 7) is 4.37. The molecule has 1 unspecified atom stereocenters. The third kappa shape index (κ3) is 5.29. The van der Waals surface area contributed by atoms with Gasteiger partial charge in [-0.15, -0.1) is 11.3 Å². The number of rotatable bonds is 9. The number of hydrogen-bond acceptors (Lipinski definition) is 8. The summed E-state index contributed by atoms with van der Waals surface area (Å²) in [5, 5.41) is 2.98. The van der Waals surface area contributed by atoms with Crippen molar-refractivity contribution in [2.45, 2.75) is 25.6 Å². The number of nitrogens with zero attached hydrogens (tertiary/aromatic N) is 4. The molecule has 0 bridgehead atoms. The number of benzene rings is 1. The van der Waals surface area contributed by atoms with E-state index in [0.717, 1.165) is 48.4 Å². The number of aromatic nitrogens is 1. The molecule has 0 aliphatic carbocycles. The summed E-state index contributed by atoms with van der Waals surface area (Å²) in [5.41, 5.74) is 1.53. The van der Waals surface area contributed by atoms with Gasteiger partial charge in [-0.1, -0.05) is 12.1 Å². The largest absolute Gasteiger partial charge is 0.379 e. The molecule has 2 aromatic rings. The third-order valence-corrected chi connectivity index (χ3v) is 7.38. The molecule has 1 fully saturated rings. The number of thiazole rings is 1. The highest BCUT2D eigenvalue weighted by Crippen LogP contribution is 2.27. The molecule has 4 rings (SSSR count). The van der Waals surface area contributed by atoms with Crippen molar-refractivity contribution in [2.75, 3.05) is 45.4 Å². The molecule has 1 aromatic heterocycles. The third-order valence-electron chi connectivity index (χ3n) is 5.85. The fourth-order valence-corrected chi connectivity index (χ4v) is 5.39. The molecular formula is C23H28N4O4S2. The van der Waals surface area contributed by atoms with Crippen molar-refractivity contribution in [2.24, 2.45) is 0 Å². The summed E-state index contributed by atoms with van der Waals surface area (Å²) in [4.78, 5) is 49.1. The zero-order valence-corrected chi connectivity index (χ0v) is 20.5. The second-order valence-electron chi connectivity index (χ2n) is 8.14. The van der Waals surface area contributed by atoms with E-state index in [1.54, 1.807) is 59.3 Å². The van der Waals surface area contributed by atoms with Crippen LogP contribution in [0.1, 0.15) is 37.8 Å². The summed E-state index contributed by atoms with van der Waals surface area (Å²) in [6, 6.07) is 5.91. The average Bonchev–Trinajstić information content (AvgIpc) is 3.37. The minimum atomic E-state index is -0.832. The van der Waals surface area contributed by atoms with Gasteiger partial charge in [-0.25, -0.2) is 4.98 Å². The minimum absolute atomic E-state index is 0.249. The Hall–Kier alpha value is -2.27. The smallest absolute Gasteiger partial charge is 0.262 e. The van der Waals surface area contributed by atoms with Gasteiger partial charge in [0, 0.05) is 25.5 Å². The number of carbonyl (C=O) groups is 3. The topological polar surface area (TPSA) is 83.1 Å². The van der Waals surface area contributed by atoms with Crippen LogP contribution < -0.4 is 0 Å². The zero-order valence-electron chi connectivity index (χ0n) is 18.9. The van der Waals surface area contributed by atoms with E-state index in [0.29, 0.717) is 29.8 Å². The molecular weight excluding hydrogens is 460 g/mol. The molecule has 1 atom stereocenters. The van der Waals surface area contributed by atoms with Gasteiger partial charge in [-0.2, -0.15) is 11.8 Å². The molecule has 1 aromatic carbocycles. The van der Waals surface area contributed by atoms with Crippen molar-refractivity contribution in [1.29, 1.82) is 0 Å². The van der Waals surface area contributed by atoms with E-state index in [4.69, 9.17) is 9.72 Å². The molecule has 176 valence electrons. The molecule has 33 heavy (non-hydrogen) atoms. The first-order valence-electron chi connectivity index (χ1n) is 10.9. The molecule has 1 saturated heterocycles. The molecule has 10 heteroatoms. The van der Waals surface area contributed by atoms with E-state index in [9.17, 15) is 14.4 Å². The van der Waals surface area contributed by atoms with Gasteiger partial charge in [0.25, 0.3) is 11.8 Å². The van der Waals surface area contributed by atoms with Crippen molar-refractivity contribution in [3.8, 4) is 0 Å². The zero-order chi connectivity index (χ0) is 23.4. The fraction of sp³-hybridized carbons (Fsp3) is 0.478. The maximum absolute atomic E-state index is 13.4. The molecule has 3 amide bonds. The maximum atomic E-state index is 13.4. The lowest BCUT2D eigenvalue weighted by Crippen LogP contribution is -2.50. The van der Waals surface area contributed by atoms with Crippen molar-refractivity contribution in [1.82, 2.24) is 19.7 Å². The Kier molecular flexibility index (Phi) is 7.79. The number of ether oxygens (including phenoxy) is 1. The molecule has 0 N–H and O–H groups in total. The van der Waals surface area contributed by atoms with Gasteiger partial charge < -0.3 is 9.64 Å². The van der Waals surface area contributed by atoms with E-state index in [1.165, 1.54) is 0 Å². The van der Waals surface area contributed by atoms with Crippen molar-refractivity contribution in [3.05, 3.63) is 51.5 Å². The molecule has 2 aliphatic heterocycles. The van der Waals surface area contributed by atoms with Gasteiger partial charge in [-0.05, 0) is 30.6 Å². The Balaban J connectivity index is 1.45. The summed E-state index contributed by atoms with van der Waals surface area (Å²) < 4.78 is 5.39. The maximum Gasteiger partial charge on any atom is 0.262 e. The number of amides is 3. The van der Waals surface area contributed by atoms with Crippen LogP contribution >= 0.6 is 23.1 Å². The number of fused-ring (bicyclic) bond motifs is 1. The summed E-state index contributed by atoms with van der Waals surface area (Å²) in [6.07, 6.45) is 2.36. The Morgan fingerprint density at radius 2 is 1.88 bits per heavy atom. The second-order valence-corrected chi connectivity index (χ2v) is 10.1. The van der Waals surface area contributed by atoms with Crippen LogP contribution in [0.25, 0.3) is 0 Å². The van der Waals surface area contributed by atoms with Crippen molar-refractivity contribution < 1.29 is 19.1 Å². The highest BCUT2D eigenvalue weighted by Gasteiger charge is 2.43. The van der Waals surface area contributed by atoms with E-state index in [2.05, 4.69) is 4.90 Å². The summed E-state index contributed by atoms with van der Waals surface area (Å²) in [5.74, 6) is -0.381. The van der Waals surface area contributed by atoms with Gasteiger partial charge in [0.1, 0.15) is 11.0 Å². The SMILES string of the molecule is CSCCC(C(=O)N(C)Cc1csc(CN2CCOCC2)n1)N1C(=O)c2ccccc2C1=O. The Labute approximate surface area is 201 Å². The quantitative estimate of drug-likeness (QED) is 0.501. The van der Waals surface area contributed by atoms with Crippen molar-refractivity contribution >= 4 is 40.8 Å². The van der Waals surface area contributed by atoms with Crippen LogP contribution in [0.2, 0.25) is 0 Å².